The molecule has 1 N–H and O–H groups in total. The van der Waals surface area contributed by atoms with Gasteiger partial charge in [0, 0.05) is 4.47 Å². The summed E-state index contributed by atoms with van der Waals surface area (Å²) in [7, 11) is 0. The molecule has 0 aliphatic carbocycles. The van der Waals surface area contributed by atoms with Crippen LogP contribution in [0.15, 0.2) is 53.0 Å². The van der Waals surface area contributed by atoms with Crippen LogP contribution in [0.1, 0.15) is 12.5 Å². The van der Waals surface area contributed by atoms with Crippen LogP contribution in [0.3, 0.4) is 0 Å². The topological polar surface area (TPSA) is 71.3 Å². The SMILES string of the molecule is C=CCOc1cc(Br)c(C=C(C#N)C(=O)Nc2cccc(Cl)c2Cl)cc1OCC. The smallest absolute Gasteiger partial charge is 0.266 e. The molecule has 0 spiro atoms. The molecule has 0 saturated carbocycles. The number of nitrogens with zero attached hydrogens (tertiary/aromatic N) is 1. The van der Waals surface area contributed by atoms with Crippen molar-refractivity contribution in [1.29, 1.82) is 5.26 Å². The van der Waals surface area contributed by atoms with E-state index in [-0.39, 0.29) is 10.6 Å². The molecule has 0 unspecified atom stereocenters. The number of nitrogens with one attached hydrogen (secondary N) is 1. The minimum Gasteiger partial charge on any atom is -0.490 e. The van der Waals surface area contributed by atoms with Gasteiger partial charge in [0.05, 0.1) is 22.3 Å². The highest BCUT2D eigenvalue weighted by Gasteiger charge is 2.15. The van der Waals surface area contributed by atoms with E-state index in [0.717, 1.165) is 0 Å². The molecule has 0 bridgehead atoms. The lowest BCUT2D eigenvalue weighted by Gasteiger charge is -2.13. The monoisotopic (exact) mass is 494 g/mol. The lowest BCUT2D eigenvalue weighted by molar-refractivity contribution is -0.112. The predicted molar refractivity (Wildman–Crippen MR) is 120 cm³/mol. The van der Waals surface area contributed by atoms with Gasteiger partial charge in [-0.15, -0.1) is 0 Å². The van der Waals surface area contributed by atoms with Crippen LogP contribution in [0.5, 0.6) is 11.5 Å². The number of ether oxygens (including phenoxy) is 2. The largest absolute Gasteiger partial charge is 0.490 e. The summed E-state index contributed by atoms with van der Waals surface area (Å²) >= 11 is 15.5. The number of benzene rings is 2. The number of carbonyl (C=O) groups excluding carboxylic acids is 1. The molecule has 0 aliphatic rings. The molecule has 0 heterocycles. The number of carbonyl (C=O) groups is 1. The number of anilines is 1. The third-order valence-electron chi connectivity index (χ3n) is 3.58. The van der Waals surface area contributed by atoms with Crippen LogP contribution < -0.4 is 14.8 Å². The molecule has 2 rings (SSSR count). The van der Waals surface area contributed by atoms with Gasteiger partial charge in [-0.3, -0.25) is 4.79 Å². The normalized spacial score (nSPS) is 10.8. The maximum Gasteiger partial charge on any atom is 0.266 e. The van der Waals surface area contributed by atoms with E-state index < -0.39 is 5.91 Å². The van der Waals surface area contributed by atoms with E-state index in [0.29, 0.717) is 45.5 Å². The lowest BCUT2D eigenvalue weighted by atomic mass is 10.1. The van der Waals surface area contributed by atoms with Crippen LogP contribution in [0.4, 0.5) is 5.69 Å². The van der Waals surface area contributed by atoms with Gasteiger partial charge in [-0.2, -0.15) is 5.26 Å². The number of rotatable bonds is 8. The van der Waals surface area contributed by atoms with E-state index >= 15 is 0 Å². The summed E-state index contributed by atoms with van der Waals surface area (Å²) in [4.78, 5) is 12.6. The first-order valence-electron chi connectivity index (χ1n) is 8.48. The fourth-order valence-corrected chi connectivity index (χ4v) is 3.07. The van der Waals surface area contributed by atoms with Crippen molar-refractivity contribution in [2.45, 2.75) is 6.92 Å². The molecule has 1 amide bonds. The number of halogens is 3. The van der Waals surface area contributed by atoms with Gasteiger partial charge >= 0.3 is 0 Å². The zero-order chi connectivity index (χ0) is 21.4. The zero-order valence-corrected chi connectivity index (χ0v) is 18.6. The molecule has 0 aliphatic heterocycles. The number of hydrogen-bond donors (Lipinski definition) is 1. The highest BCUT2D eigenvalue weighted by Crippen LogP contribution is 2.35. The Bertz CT molecular complexity index is 1000. The Labute approximate surface area is 187 Å². The zero-order valence-electron chi connectivity index (χ0n) is 15.5. The summed E-state index contributed by atoms with van der Waals surface area (Å²) in [5, 5.41) is 12.6. The molecule has 0 atom stereocenters. The van der Waals surface area contributed by atoms with Gasteiger partial charge in [0.15, 0.2) is 11.5 Å². The van der Waals surface area contributed by atoms with Gasteiger partial charge < -0.3 is 14.8 Å². The van der Waals surface area contributed by atoms with E-state index in [2.05, 4.69) is 27.8 Å². The van der Waals surface area contributed by atoms with E-state index in [1.165, 1.54) is 6.08 Å². The second kappa shape index (κ2) is 10.9. The maximum atomic E-state index is 12.6. The van der Waals surface area contributed by atoms with Crippen molar-refractivity contribution in [3.8, 4) is 17.6 Å². The summed E-state index contributed by atoms with van der Waals surface area (Å²) in [6.07, 6.45) is 3.06. The van der Waals surface area contributed by atoms with Crippen molar-refractivity contribution in [3.63, 3.8) is 0 Å². The standard InChI is InChI=1S/C21H17BrCl2N2O3/c1-3-8-29-19-11-15(22)13(10-18(19)28-4-2)9-14(12-25)21(27)26-17-7-5-6-16(23)20(17)24/h3,5-7,9-11H,1,4,8H2,2H3,(H,26,27). The number of amides is 1. The first-order valence-corrected chi connectivity index (χ1v) is 10.0. The van der Waals surface area contributed by atoms with E-state index in [1.54, 1.807) is 36.4 Å². The van der Waals surface area contributed by atoms with Crippen molar-refractivity contribution < 1.29 is 14.3 Å². The summed E-state index contributed by atoms with van der Waals surface area (Å²) in [6.45, 7) is 6.21. The van der Waals surface area contributed by atoms with Gasteiger partial charge in [-0.05, 0) is 42.8 Å². The fourth-order valence-electron chi connectivity index (χ4n) is 2.29. The Balaban J connectivity index is 2.37. The first kappa shape index (κ1) is 22.8. The van der Waals surface area contributed by atoms with Crippen molar-refractivity contribution in [2.24, 2.45) is 0 Å². The molecule has 0 saturated heterocycles. The summed E-state index contributed by atoms with van der Waals surface area (Å²) in [6, 6.07) is 10.1. The average molecular weight is 496 g/mol. The Morgan fingerprint density at radius 3 is 2.69 bits per heavy atom. The molecule has 5 nitrogen and oxygen atoms in total. The summed E-state index contributed by atoms with van der Waals surface area (Å²) in [5.41, 5.74) is 0.764. The van der Waals surface area contributed by atoms with Crippen LogP contribution in [-0.2, 0) is 4.79 Å². The van der Waals surface area contributed by atoms with Gasteiger partial charge in [0.1, 0.15) is 18.2 Å². The molecular weight excluding hydrogens is 479 g/mol. The minimum absolute atomic E-state index is 0.121. The molecule has 150 valence electrons. The minimum atomic E-state index is -0.617. The van der Waals surface area contributed by atoms with Crippen LogP contribution >= 0.6 is 39.1 Å². The number of nitriles is 1. The Morgan fingerprint density at radius 2 is 2.03 bits per heavy atom. The molecule has 2 aromatic rings. The van der Waals surface area contributed by atoms with Crippen LogP contribution in [0, 0.1) is 11.3 Å². The van der Waals surface area contributed by atoms with E-state index in [9.17, 15) is 10.1 Å². The van der Waals surface area contributed by atoms with Gasteiger partial charge in [0.2, 0.25) is 0 Å². The van der Waals surface area contributed by atoms with Gasteiger partial charge in [-0.1, -0.05) is 57.9 Å². The number of hydrogen-bond acceptors (Lipinski definition) is 4. The van der Waals surface area contributed by atoms with E-state index in [4.69, 9.17) is 32.7 Å². The third-order valence-corrected chi connectivity index (χ3v) is 5.09. The van der Waals surface area contributed by atoms with Crippen molar-refractivity contribution in [3.05, 3.63) is 68.6 Å². The quantitative estimate of drug-likeness (QED) is 0.266. The summed E-state index contributed by atoms with van der Waals surface area (Å²) < 4.78 is 11.8. The highest BCUT2D eigenvalue weighted by atomic mass is 79.9. The lowest BCUT2D eigenvalue weighted by Crippen LogP contribution is -2.13. The van der Waals surface area contributed by atoms with Gasteiger partial charge in [0.25, 0.3) is 5.91 Å². The Kier molecular flexibility index (Phi) is 8.59. The van der Waals surface area contributed by atoms with Crippen molar-refractivity contribution >= 4 is 56.8 Å². The molecule has 8 heteroatoms. The maximum absolute atomic E-state index is 12.6. The third kappa shape index (κ3) is 6.01. The van der Waals surface area contributed by atoms with Gasteiger partial charge in [-0.25, -0.2) is 0 Å². The fraction of sp³-hybridized carbons (Fsp3) is 0.143. The molecule has 0 radical (unpaired) electrons. The average Bonchev–Trinajstić information content (AvgIpc) is 2.70. The predicted octanol–water partition coefficient (Wildman–Crippen LogP) is 6.27. The molecule has 2 aromatic carbocycles. The first-order chi connectivity index (χ1) is 13.9. The summed E-state index contributed by atoms with van der Waals surface area (Å²) in [5.74, 6) is 0.386. The van der Waals surface area contributed by atoms with E-state index in [1.807, 2.05) is 13.0 Å². The van der Waals surface area contributed by atoms with Crippen molar-refractivity contribution in [2.75, 3.05) is 18.5 Å². The molecular formula is C21H17BrCl2N2O3. The van der Waals surface area contributed by atoms with Crippen LogP contribution in [0.2, 0.25) is 10.0 Å². The van der Waals surface area contributed by atoms with Crippen molar-refractivity contribution in [1.82, 2.24) is 0 Å². The van der Waals surface area contributed by atoms with Crippen LogP contribution in [-0.4, -0.2) is 19.1 Å². The Morgan fingerprint density at radius 1 is 1.31 bits per heavy atom. The Hall–Kier alpha value is -2.46. The van der Waals surface area contributed by atoms with Crippen LogP contribution in [0.25, 0.3) is 6.08 Å². The molecule has 29 heavy (non-hydrogen) atoms. The molecule has 0 fully saturated rings. The highest BCUT2D eigenvalue weighted by molar-refractivity contribution is 9.10. The molecule has 0 aromatic heterocycles. The second-order valence-corrected chi connectivity index (χ2v) is 7.22. The second-order valence-electron chi connectivity index (χ2n) is 5.58.